The van der Waals surface area contributed by atoms with Crippen LogP contribution in [0.2, 0.25) is 5.02 Å². The van der Waals surface area contributed by atoms with E-state index in [1.54, 1.807) is 14.2 Å². The second kappa shape index (κ2) is 7.35. The zero-order valence-electron chi connectivity index (χ0n) is 10.9. The van der Waals surface area contributed by atoms with E-state index in [1.165, 1.54) is 6.20 Å². The number of halogens is 1. The fourth-order valence-electron chi connectivity index (χ4n) is 1.63. The Morgan fingerprint density at radius 2 is 2.17 bits per heavy atom. The lowest BCUT2D eigenvalue weighted by Gasteiger charge is -2.30. The number of aromatic nitrogens is 2. The average Bonchev–Trinajstić information content (AvgIpc) is 2.34. The van der Waals surface area contributed by atoms with E-state index in [0.717, 1.165) is 0 Å². The van der Waals surface area contributed by atoms with Gasteiger partial charge >= 0.3 is 0 Å². The van der Waals surface area contributed by atoms with Gasteiger partial charge in [-0.1, -0.05) is 11.6 Å². The van der Waals surface area contributed by atoms with E-state index in [1.807, 2.05) is 11.8 Å². The number of nitrogen functional groups attached to an aromatic ring is 1. The Morgan fingerprint density at radius 3 is 2.78 bits per heavy atom. The molecule has 0 spiro atoms. The number of hydrogen-bond donors (Lipinski definition) is 1. The minimum absolute atomic E-state index is 0.108. The van der Waals surface area contributed by atoms with Crippen molar-refractivity contribution in [3.05, 3.63) is 11.2 Å². The number of nitrogens with zero attached hydrogens (tertiary/aromatic N) is 3. The lowest BCUT2D eigenvalue weighted by atomic mass is 10.3. The molecule has 0 aliphatic heterocycles. The van der Waals surface area contributed by atoms with Gasteiger partial charge in [-0.2, -0.15) is 4.98 Å². The number of nitrogens with two attached hydrogens (primary N) is 1. The maximum absolute atomic E-state index is 6.11. The standard InChI is InChI=1S/C11H19ClN4O2/c1-8(7-18-3)16(4-5-17-2)10-9(12)6-14-11(13)15-10/h6,8H,4-5,7H2,1-3H3,(H2,13,14,15). The van der Waals surface area contributed by atoms with Crippen molar-refractivity contribution >= 4 is 23.4 Å². The van der Waals surface area contributed by atoms with Gasteiger partial charge in [0.15, 0.2) is 5.82 Å². The Balaban J connectivity index is 2.96. The smallest absolute Gasteiger partial charge is 0.222 e. The summed E-state index contributed by atoms with van der Waals surface area (Å²) in [6.07, 6.45) is 1.50. The van der Waals surface area contributed by atoms with Crippen molar-refractivity contribution < 1.29 is 9.47 Å². The molecule has 0 amide bonds. The molecular formula is C11H19ClN4O2. The van der Waals surface area contributed by atoms with Gasteiger partial charge < -0.3 is 20.1 Å². The van der Waals surface area contributed by atoms with Gasteiger partial charge in [0, 0.05) is 20.8 Å². The molecule has 6 nitrogen and oxygen atoms in total. The minimum atomic E-state index is 0.108. The fraction of sp³-hybridized carbons (Fsp3) is 0.636. The highest BCUT2D eigenvalue weighted by molar-refractivity contribution is 6.32. The maximum Gasteiger partial charge on any atom is 0.222 e. The summed E-state index contributed by atoms with van der Waals surface area (Å²) in [5.41, 5.74) is 5.60. The molecule has 1 aromatic heterocycles. The molecule has 102 valence electrons. The summed E-state index contributed by atoms with van der Waals surface area (Å²) in [5.74, 6) is 0.798. The number of ether oxygens (including phenoxy) is 2. The highest BCUT2D eigenvalue weighted by Gasteiger charge is 2.19. The molecule has 1 aromatic rings. The van der Waals surface area contributed by atoms with Gasteiger partial charge in [-0.3, -0.25) is 0 Å². The molecule has 1 unspecified atom stereocenters. The first kappa shape index (κ1) is 14.9. The summed E-state index contributed by atoms with van der Waals surface area (Å²) in [4.78, 5) is 10.0. The van der Waals surface area contributed by atoms with Gasteiger partial charge in [0.25, 0.3) is 0 Å². The number of anilines is 2. The van der Waals surface area contributed by atoms with E-state index >= 15 is 0 Å². The predicted octanol–water partition coefficient (Wildman–Crippen LogP) is 1.20. The monoisotopic (exact) mass is 274 g/mol. The molecular weight excluding hydrogens is 256 g/mol. The van der Waals surface area contributed by atoms with Crippen LogP contribution in [0.5, 0.6) is 0 Å². The summed E-state index contributed by atoms with van der Waals surface area (Å²) in [6, 6.07) is 0.108. The number of rotatable bonds is 7. The Kier molecular flexibility index (Phi) is 6.11. The van der Waals surface area contributed by atoms with Crippen LogP contribution in [-0.4, -0.2) is 50.0 Å². The van der Waals surface area contributed by atoms with Gasteiger partial charge in [0.05, 0.1) is 25.5 Å². The SMILES string of the molecule is COCCN(c1nc(N)ncc1Cl)C(C)COC. The van der Waals surface area contributed by atoms with Gasteiger partial charge in [-0.15, -0.1) is 0 Å². The van der Waals surface area contributed by atoms with Crippen molar-refractivity contribution in [2.45, 2.75) is 13.0 Å². The number of methoxy groups -OCH3 is 2. The molecule has 18 heavy (non-hydrogen) atoms. The van der Waals surface area contributed by atoms with Gasteiger partial charge in [-0.25, -0.2) is 4.98 Å². The van der Waals surface area contributed by atoms with Gasteiger partial charge in [-0.05, 0) is 6.92 Å². The third-order valence-electron chi connectivity index (χ3n) is 2.49. The van der Waals surface area contributed by atoms with Crippen LogP contribution < -0.4 is 10.6 Å². The van der Waals surface area contributed by atoms with Crippen molar-refractivity contribution in [3.8, 4) is 0 Å². The highest BCUT2D eigenvalue weighted by atomic mass is 35.5. The first-order valence-corrected chi connectivity index (χ1v) is 6.00. The first-order valence-electron chi connectivity index (χ1n) is 5.62. The van der Waals surface area contributed by atoms with Crippen molar-refractivity contribution in [2.75, 3.05) is 44.6 Å². The molecule has 0 aromatic carbocycles. The second-order valence-corrected chi connectivity index (χ2v) is 4.30. The molecule has 2 N–H and O–H groups in total. The molecule has 0 fully saturated rings. The molecule has 0 bridgehead atoms. The number of hydrogen-bond acceptors (Lipinski definition) is 6. The fourth-order valence-corrected chi connectivity index (χ4v) is 1.83. The summed E-state index contributed by atoms with van der Waals surface area (Å²) in [5, 5.41) is 0.461. The molecule has 0 saturated heterocycles. The van der Waals surface area contributed by atoms with Crippen LogP contribution in [0.3, 0.4) is 0 Å². The second-order valence-electron chi connectivity index (χ2n) is 3.89. The van der Waals surface area contributed by atoms with Crippen LogP contribution in [0.4, 0.5) is 11.8 Å². The predicted molar refractivity (Wildman–Crippen MR) is 72.0 cm³/mol. The highest BCUT2D eigenvalue weighted by Crippen LogP contribution is 2.24. The molecule has 7 heteroatoms. The third-order valence-corrected chi connectivity index (χ3v) is 2.76. The summed E-state index contributed by atoms with van der Waals surface area (Å²) in [7, 11) is 3.30. The first-order chi connectivity index (χ1) is 8.60. The minimum Gasteiger partial charge on any atom is -0.383 e. The van der Waals surface area contributed by atoms with Crippen LogP contribution in [0, 0.1) is 0 Å². The van der Waals surface area contributed by atoms with Gasteiger partial charge in [0.2, 0.25) is 5.95 Å². The Morgan fingerprint density at radius 1 is 1.44 bits per heavy atom. The zero-order valence-corrected chi connectivity index (χ0v) is 11.6. The molecule has 1 heterocycles. The summed E-state index contributed by atoms with van der Waals surface area (Å²) < 4.78 is 10.2. The average molecular weight is 275 g/mol. The molecule has 0 saturated carbocycles. The van der Waals surface area contributed by atoms with Crippen LogP contribution in [0.25, 0.3) is 0 Å². The molecule has 0 radical (unpaired) electrons. The maximum atomic E-state index is 6.11. The Bertz CT molecular complexity index is 378. The van der Waals surface area contributed by atoms with E-state index in [2.05, 4.69) is 9.97 Å². The largest absolute Gasteiger partial charge is 0.383 e. The van der Waals surface area contributed by atoms with Crippen LogP contribution in [0.1, 0.15) is 6.92 Å². The lowest BCUT2D eigenvalue weighted by molar-refractivity contribution is 0.170. The Labute approximate surface area is 112 Å². The molecule has 1 rings (SSSR count). The van der Waals surface area contributed by atoms with Crippen LogP contribution in [0.15, 0.2) is 6.20 Å². The molecule has 0 aliphatic rings. The van der Waals surface area contributed by atoms with Crippen molar-refractivity contribution in [2.24, 2.45) is 0 Å². The van der Waals surface area contributed by atoms with Gasteiger partial charge in [0.1, 0.15) is 5.02 Å². The van der Waals surface area contributed by atoms with Crippen molar-refractivity contribution in [3.63, 3.8) is 0 Å². The molecule has 1 atom stereocenters. The van der Waals surface area contributed by atoms with E-state index in [0.29, 0.717) is 30.6 Å². The molecule has 0 aliphatic carbocycles. The van der Waals surface area contributed by atoms with E-state index in [-0.39, 0.29) is 12.0 Å². The van der Waals surface area contributed by atoms with E-state index in [4.69, 9.17) is 26.8 Å². The van der Waals surface area contributed by atoms with Crippen LogP contribution in [-0.2, 0) is 9.47 Å². The summed E-state index contributed by atoms with van der Waals surface area (Å²) in [6.45, 7) is 3.79. The van der Waals surface area contributed by atoms with E-state index < -0.39 is 0 Å². The van der Waals surface area contributed by atoms with Crippen LogP contribution >= 0.6 is 11.6 Å². The van der Waals surface area contributed by atoms with Crippen molar-refractivity contribution in [1.29, 1.82) is 0 Å². The Hall–Kier alpha value is -1.11. The third kappa shape index (κ3) is 3.97. The van der Waals surface area contributed by atoms with E-state index in [9.17, 15) is 0 Å². The quantitative estimate of drug-likeness (QED) is 0.805. The zero-order chi connectivity index (χ0) is 13.5. The van der Waals surface area contributed by atoms with Crippen molar-refractivity contribution in [1.82, 2.24) is 9.97 Å². The topological polar surface area (TPSA) is 73.5 Å². The summed E-state index contributed by atoms with van der Waals surface area (Å²) >= 11 is 6.11. The lowest BCUT2D eigenvalue weighted by Crippen LogP contribution is -2.39. The normalized spacial score (nSPS) is 12.4.